The first-order valence-corrected chi connectivity index (χ1v) is 7.23. The third-order valence-corrected chi connectivity index (χ3v) is 3.32. The van der Waals surface area contributed by atoms with Crippen LogP contribution in [0.25, 0.3) is 0 Å². The minimum absolute atomic E-state index is 0.272. The summed E-state index contributed by atoms with van der Waals surface area (Å²) in [5.74, 6) is 1.13. The van der Waals surface area contributed by atoms with E-state index in [0.29, 0.717) is 31.9 Å². The van der Waals surface area contributed by atoms with Crippen molar-refractivity contribution in [2.75, 3.05) is 26.3 Å². The predicted molar refractivity (Wildman–Crippen MR) is 78.3 cm³/mol. The van der Waals surface area contributed by atoms with Gasteiger partial charge < -0.3 is 25.6 Å². The van der Waals surface area contributed by atoms with Gasteiger partial charge in [0.2, 0.25) is 5.91 Å². The fourth-order valence-corrected chi connectivity index (χ4v) is 2.17. The maximum absolute atomic E-state index is 10.6. The monoisotopic (exact) mass is 294 g/mol. The zero-order valence-electron chi connectivity index (χ0n) is 12.0. The van der Waals surface area contributed by atoms with E-state index in [1.807, 2.05) is 18.2 Å². The molecule has 116 valence electrons. The molecule has 0 bridgehead atoms. The lowest BCUT2D eigenvalue weighted by Gasteiger charge is -2.20. The SMILES string of the molecule is NC(=O)CCCCNCC(O)c1ccc2c(c1)OCCO2. The predicted octanol–water partition coefficient (Wildman–Crippen LogP) is 0.736. The van der Waals surface area contributed by atoms with Crippen LogP contribution in [0, 0.1) is 0 Å². The first-order valence-electron chi connectivity index (χ1n) is 7.23. The van der Waals surface area contributed by atoms with Crippen molar-refractivity contribution in [1.29, 1.82) is 0 Å². The Hall–Kier alpha value is -1.79. The number of hydrogen-bond donors (Lipinski definition) is 3. The van der Waals surface area contributed by atoms with Crippen LogP contribution in [0.2, 0.25) is 0 Å². The van der Waals surface area contributed by atoms with Crippen LogP contribution in [0.4, 0.5) is 0 Å². The van der Waals surface area contributed by atoms with E-state index in [0.717, 1.165) is 30.7 Å². The smallest absolute Gasteiger partial charge is 0.217 e. The molecule has 1 aromatic rings. The Kier molecular flexibility index (Phi) is 5.83. The Bertz CT molecular complexity index is 479. The zero-order valence-corrected chi connectivity index (χ0v) is 12.0. The van der Waals surface area contributed by atoms with Crippen molar-refractivity contribution in [2.24, 2.45) is 5.73 Å². The Morgan fingerprint density at radius 2 is 2.05 bits per heavy atom. The van der Waals surface area contributed by atoms with Gasteiger partial charge in [-0.15, -0.1) is 0 Å². The number of rotatable bonds is 8. The van der Waals surface area contributed by atoms with E-state index >= 15 is 0 Å². The molecular weight excluding hydrogens is 272 g/mol. The second-order valence-corrected chi connectivity index (χ2v) is 5.05. The average molecular weight is 294 g/mol. The number of nitrogens with one attached hydrogen (secondary N) is 1. The quantitative estimate of drug-likeness (QED) is 0.615. The Balaban J connectivity index is 1.73. The number of unbranched alkanes of at least 4 members (excludes halogenated alkanes) is 1. The summed E-state index contributed by atoms with van der Waals surface area (Å²) >= 11 is 0. The Morgan fingerprint density at radius 1 is 1.29 bits per heavy atom. The number of carbonyl (C=O) groups excluding carboxylic acids is 1. The summed E-state index contributed by atoms with van der Waals surface area (Å²) in [6.07, 6.45) is 1.43. The second kappa shape index (κ2) is 7.85. The zero-order chi connectivity index (χ0) is 15.1. The van der Waals surface area contributed by atoms with Crippen molar-refractivity contribution in [1.82, 2.24) is 5.32 Å². The van der Waals surface area contributed by atoms with Crippen LogP contribution in [0.15, 0.2) is 18.2 Å². The molecule has 0 fully saturated rings. The average Bonchev–Trinajstić information content (AvgIpc) is 2.49. The highest BCUT2D eigenvalue weighted by Gasteiger charge is 2.15. The number of nitrogens with two attached hydrogens (primary N) is 1. The minimum atomic E-state index is -0.600. The molecule has 1 amide bonds. The van der Waals surface area contributed by atoms with Gasteiger partial charge in [-0.05, 0) is 37.1 Å². The van der Waals surface area contributed by atoms with Gasteiger partial charge in [0, 0.05) is 13.0 Å². The van der Waals surface area contributed by atoms with E-state index in [2.05, 4.69) is 5.32 Å². The molecule has 6 nitrogen and oxygen atoms in total. The van der Waals surface area contributed by atoms with Crippen LogP contribution >= 0.6 is 0 Å². The highest BCUT2D eigenvalue weighted by Crippen LogP contribution is 2.32. The number of carbonyl (C=O) groups is 1. The lowest BCUT2D eigenvalue weighted by atomic mass is 10.1. The molecule has 0 radical (unpaired) electrons. The fraction of sp³-hybridized carbons (Fsp3) is 0.533. The molecule has 0 aliphatic carbocycles. The highest BCUT2D eigenvalue weighted by atomic mass is 16.6. The molecule has 2 rings (SSSR count). The number of aliphatic hydroxyl groups is 1. The van der Waals surface area contributed by atoms with E-state index in [9.17, 15) is 9.90 Å². The third kappa shape index (κ3) is 4.91. The van der Waals surface area contributed by atoms with Crippen molar-refractivity contribution in [3.63, 3.8) is 0 Å². The van der Waals surface area contributed by atoms with Crippen LogP contribution in [-0.2, 0) is 4.79 Å². The molecule has 6 heteroatoms. The molecule has 0 aromatic heterocycles. The first kappa shape index (κ1) is 15.6. The summed E-state index contributed by atoms with van der Waals surface area (Å²) in [6, 6.07) is 5.47. The molecule has 1 heterocycles. The number of aliphatic hydroxyl groups excluding tert-OH is 1. The molecule has 4 N–H and O–H groups in total. The van der Waals surface area contributed by atoms with Crippen molar-refractivity contribution in [3.05, 3.63) is 23.8 Å². The summed E-state index contributed by atoms with van der Waals surface area (Å²) in [5, 5.41) is 13.3. The number of primary amides is 1. The van der Waals surface area contributed by atoms with Crippen molar-refractivity contribution < 1.29 is 19.4 Å². The lowest BCUT2D eigenvalue weighted by Crippen LogP contribution is -2.23. The Labute approximate surface area is 124 Å². The summed E-state index contributed by atoms with van der Waals surface area (Å²) in [7, 11) is 0. The van der Waals surface area contributed by atoms with Gasteiger partial charge in [0.15, 0.2) is 11.5 Å². The van der Waals surface area contributed by atoms with E-state index in [1.165, 1.54) is 0 Å². The molecule has 0 saturated heterocycles. The minimum Gasteiger partial charge on any atom is -0.486 e. The van der Waals surface area contributed by atoms with E-state index in [1.54, 1.807) is 0 Å². The molecule has 1 unspecified atom stereocenters. The van der Waals surface area contributed by atoms with Crippen LogP contribution in [0.1, 0.15) is 30.9 Å². The van der Waals surface area contributed by atoms with Crippen LogP contribution in [0.3, 0.4) is 0 Å². The summed E-state index contributed by atoms with van der Waals surface area (Å²) < 4.78 is 10.9. The van der Waals surface area contributed by atoms with Crippen LogP contribution in [-0.4, -0.2) is 37.3 Å². The second-order valence-electron chi connectivity index (χ2n) is 5.05. The maximum atomic E-state index is 10.6. The summed E-state index contributed by atoms with van der Waals surface area (Å²) in [5.41, 5.74) is 5.86. The number of amides is 1. The molecule has 1 aliphatic heterocycles. The number of hydrogen-bond acceptors (Lipinski definition) is 5. The highest BCUT2D eigenvalue weighted by molar-refractivity contribution is 5.73. The maximum Gasteiger partial charge on any atom is 0.217 e. The van der Waals surface area contributed by atoms with Gasteiger partial charge >= 0.3 is 0 Å². The summed E-state index contributed by atoms with van der Waals surface area (Å²) in [4.78, 5) is 10.6. The molecule has 0 saturated carbocycles. The van der Waals surface area contributed by atoms with Crippen LogP contribution < -0.4 is 20.5 Å². The normalized spacial score (nSPS) is 14.7. The van der Waals surface area contributed by atoms with Gasteiger partial charge in [-0.25, -0.2) is 0 Å². The fourth-order valence-electron chi connectivity index (χ4n) is 2.17. The van der Waals surface area contributed by atoms with Gasteiger partial charge in [-0.1, -0.05) is 6.07 Å². The Morgan fingerprint density at radius 3 is 2.81 bits per heavy atom. The van der Waals surface area contributed by atoms with Crippen LogP contribution in [0.5, 0.6) is 11.5 Å². The van der Waals surface area contributed by atoms with Gasteiger partial charge in [0.25, 0.3) is 0 Å². The number of ether oxygens (including phenoxy) is 2. The number of benzene rings is 1. The molecule has 1 atom stereocenters. The van der Waals surface area contributed by atoms with E-state index < -0.39 is 6.10 Å². The molecular formula is C15H22N2O4. The molecule has 0 spiro atoms. The van der Waals surface area contributed by atoms with Gasteiger partial charge in [0.05, 0.1) is 6.10 Å². The molecule has 1 aromatic carbocycles. The number of fused-ring (bicyclic) bond motifs is 1. The molecule has 1 aliphatic rings. The van der Waals surface area contributed by atoms with Gasteiger partial charge in [-0.3, -0.25) is 4.79 Å². The topological polar surface area (TPSA) is 93.8 Å². The standard InChI is InChI=1S/C15H22N2O4/c16-15(19)3-1-2-6-17-10-12(18)11-4-5-13-14(9-11)21-8-7-20-13/h4-5,9,12,17-18H,1-3,6-8,10H2,(H2,16,19). The van der Waals surface area contributed by atoms with Gasteiger partial charge in [-0.2, -0.15) is 0 Å². The van der Waals surface area contributed by atoms with Crippen molar-refractivity contribution in [3.8, 4) is 11.5 Å². The lowest BCUT2D eigenvalue weighted by molar-refractivity contribution is -0.118. The van der Waals surface area contributed by atoms with Gasteiger partial charge in [0.1, 0.15) is 13.2 Å². The van der Waals surface area contributed by atoms with E-state index in [-0.39, 0.29) is 5.91 Å². The third-order valence-electron chi connectivity index (χ3n) is 3.32. The molecule has 21 heavy (non-hydrogen) atoms. The summed E-state index contributed by atoms with van der Waals surface area (Å²) in [6.45, 7) is 2.29. The largest absolute Gasteiger partial charge is 0.486 e. The van der Waals surface area contributed by atoms with Crippen molar-refractivity contribution in [2.45, 2.75) is 25.4 Å². The first-order chi connectivity index (χ1) is 10.2. The van der Waals surface area contributed by atoms with E-state index in [4.69, 9.17) is 15.2 Å². The van der Waals surface area contributed by atoms with Crippen molar-refractivity contribution >= 4 is 5.91 Å².